The average molecular weight is 257 g/mol. The number of nitrogens with zero attached hydrogens (tertiary/aromatic N) is 1. The van der Waals surface area contributed by atoms with Crippen molar-refractivity contribution in [2.75, 3.05) is 20.6 Å². The van der Waals surface area contributed by atoms with Gasteiger partial charge in [-0.3, -0.25) is 0 Å². The number of nitrogens with one attached hydrogen (secondary N) is 1. The highest BCUT2D eigenvalue weighted by Crippen LogP contribution is 2.57. The fourth-order valence-electron chi connectivity index (χ4n) is 3.51. The van der Waals surface area contributed by atoms with Gasteiger partial charge in [0.25, 0.3) is 0 Å². The first-order valence-electron chi connectivity index (χ1n) is 7.03. The zero-order valence-corrected chi connectivity index (χ0v) is 12.0. The average Bonchev–Trinajstić information content (AvgIpc) is 3.10. The third-order valence-corrected chi connectivity index (χ3v) is 4.61. The van der Waals surface area contributed by atoms with Crippen molar-refractivity contribution in [1.29, 1.82) is 0 Å². The fourth-order valence-corrected chi connectivity index (χ4v) is 3.51. The van der Waals surface area contributed by atoms with Crippen molar-refractivity contribution in [3.63, 3.8) is 0 Å². The Balaban J connectivity index is 2.18. The maximum absolute atomic E-state index is 6.07. The van der Waals surface area contributed by atoms with E-state index >= 15 is 0 Å². The molecule has 1 aromatic carbocycles. The van der Waals surface area contributed by atoms with E-state index in [9.17, 15) is 0 Å². The second-order valence-electron chi connectivity index (χ2n) is 6.14. The lowest BCUT2D eigenvalue weighted by Crippen LogP contribution is -2.33. The number of rotatable bonds is 4. The SMILES string of the molecule is Cc1[nH]c2ccccc2c1C(N(C)C)C1(CN)CC1. The van der Waals surface area contributed by atoms with Crippen LogP contribution in [-0.4, -0.2) is 30.5 Å². The molecule has 3 rings (SSSR count). The quantitative estimate of drug-likeness (QED) is 0.884. The molecule has 3 N–H and O–H groups in total. The van der Waals surface area contributed by atoms with Crippen LogP contribution in [-0.2, 0) is 0 Å². The van der Waals surface area contributed by atoms with E-state index in [1.165, 1.54) is 35.0 Å². The van der Waals surface area contributed by atoms with Crippen LogP contribution in [0.15, 0.2) is 24.3 Å². The molecule has 0 saturated heterocycles. The van der Waals surface area contributed by atoms with E-state index in [4.69, 9.17) is 5.73 Å². The first kappa shape index (κ1) is 12.7. The molecular weight excluding hydrogens is 234 g/mol. The summed E-state index contributed by atoms with van der Waals surface area (Å²) < 4.78 is 0. The van der Waals surface area contributed by atoms with E-state index in [-0.39, 0.29) is 5.41 Å². The number of aryl methyl sites for hydroxylation is 1. The van der Waals surface area contributed by atoms with Crippen molar-refractivity contribution in [3.8, 4) is 0 Å². The summed E-state index contributed by atoms with van der Waals surface area (Å²) in [6, 6.07) is 8.99. The summed E-state index contributed by atoms with van der Waals surface area (Å²) in [5.74, 6) is 0. The fraction of sp³-hybridized carbons (Fsp3) is 0.500. The van der Waals surface area contributed by atoms with Crippen LogP contribution < -0.4 is 5.73 Å². The summed E-state index contributed by atoms with van der Waals surface area (Å²) in [6.45, 7) is 2.95. The van der Waals surface area contributed by atoms with E-state index in [0.717, 1.165) is 6.54 Å². The maximum atomic E-state index is 6.07. The highest BCUT2D eigenvalue weighted by atomic mass is 15.1. The summed E-state index contributed by atoms with van der Waals surface area (Å²) >= 11 is 0. The Morgan fingerprint density at radius 1 is 1.32 bits per heavy atom. The monoisotopic (exact) mass is 257 g/mol. The number of H-pyrrole nitrogens is 1. The lowest BCUT2D eigenvalue weighted by Gasteiger charge is -2.32. The van der Waals surface area contributed by atoms with Crippen LogP contribution in [0.1, 0.15) is 30.1 Å². The van der Waals surface area contributed by atoms with Gasteiger partial charge in [0.2, 0.25) is 0 Å². The Morgan fingerprint density at radius 3 is 2.58 bits per heavy atom. The molecule has 0 aliphatic heterocycles. The summed E-state index contributed by atoms with van der Waals surface area (Å²) in [4.78, 5) is 5.85. The molecule has 0 radical (unpaired) electrons. The van der Waals surface area contributed by atoms with Gasteiger partial charge in [0.05, 0.1) is 0 Å². The molecule has 3 nitrogen and oxygen atoms in total. The van der Waals surface area contributed by atoms with Crippen LogP contribution in [0, 0.1) is 12.3 Å². The Labute approximate surface area is 114 Å². The van der Waals surface area contributed by atoms with Crippen molar-refractivity contribution in [2.45, 2.75) is 25.8 Å². The third-order valence-electron chi connectivity index (χ3n) is 4.61. The number of nitrogens with two attached hydrogens (primary N) is 1. The normalized spacial score (nSPS) is 19.0. The second-order valence-corrected chi connectivity index (χ2v) is 6.14. The van der Waals surface area contributed by atoms with Crippen LogP contribution in [0.3, 0.4) is 0 Å². The number of fused-ring (bicyclic) bond motifs is 1. The van der Waals surface area contributed by atoms with Crippen LogP contribution in [0.2, 0.25) is 0 Å². The first-order chi connectivity index (χ1) is 9.09. The third kappa shape index (κ3) is 1.88. The summed E-state index contributed by atoms with van der Waals surface area (Å²) in [5.41, 5.74) is 10.3. The summed E-state index contributed by atoms with van der Waals surface area (Å²) in [6.07, 6.45) is 2.48. The van der Waals surface area contributed by atoms with Gasteiger partial charge in [-0.15, -0.1) is 0 Å². The number of aromatic nitrogens is 1. The lowest BCUT2D eigenvalue weighted by molar-refractivity contribution is 0.199. The maximum Gasteiger partial charge on any atom is 0.0459 e. The van der Waals surface area contributed by atoms with Crippen molar-refractivity contribution < 1.29 is 0 Å². The number of hydrogen-bond acceptors (Lipinski definition) is 2. The first-order valence-corrected chi connectivity index (χ1v) is 7.03. The summed E-state index contributed by atoms with van der Waals surface area (Å²) in [7, 11) is 4.34. The Morgan fingerprint density at radius 2 is 2.00 bits per heavy atom. The lowest BCUT2D eigenvalue weighted by atomic mass is 9.87. The minimum atomic E-state index is 0.277. The molecule has 1 fully saturated rings. The molecule has 1 aliphatic carbocycles. The molecule has 1 unspecified atom stereocenters. The number of hydrogen-bond donors (Lipinski definition) is 2. The van der Waals surface area contributed by atoms with Gasteiger partial charge in [0, 0.05) is 28.1 Å². The smallest absolute Gasteiger partial charge is 0.0459 e. The molecule has 19 heavy (non-hydrogen) atoms. The topological polar surface area (TPSA) is 45.0 Å². The Bertz CT molecular complexity index is 593. The number of aromatic amines is 1. The molecule has 1 aliphatic rings. The molecule has 1 heterocycles. The zero-order chi connectivity index (χ0) is 13.6. The summed E-state index contributed by atoms with van der Waals surface area (Å²) in [5, 5.41) is 1.35. The van der Waals surface area contributed by atoms with Gasteiger partial charge in [0.1, 0.15) is 0 Å². The van der Waals surface area contributed by atoms with Gasteiger partial charge < -0.3 is 15.6 Å². The predicted molar refractivity (Wildman–Crippen MR) is 80.2 cm³/mol. The molecule has 3 heteroatoms. The highest BCUT2D eigenvalue weighted by Gasteiger charge is 2.50. The van der Waals surface area contributed by atoms with Gasteiger partial charge in [-0.05, 0) is 52.0 Å². The van der Waals surface area contributed by atoms with Gasteiger partial charge in [0.15, 0.2) is 0 Å². The van der Waals surface area contributed by atoms with E-state index in [1.807, 2.05) is 0 Å². The van der Waals surface area contributed by atoms with Crippen molar-refractivity contribution in [2.24, 2.45) is 11.1 Å². The molecule has 1 saturated carbocycles. The van der Waals surface area contributed by atoms with Crippen molar-refractivity contribution >= 4 is 10.9 Å². The van der Waals surface area contributed by atoms with E-state index in [1.54, 1.807) is 0 Å². The van der Waals surface area contributed by atoms with Gasteiger partial charge >= 0.3 is 0 Å². The second kappa shape index (κ2) is 4.36. The molecule has 1 aromatic heterocycles. The Hall–Kier alpha value is -1.32. The van der Waals surface area contributed by atoms with Crippen molar-refractivity contribution in [3.05, 3.63) is 35.5 Å². The van der Waals surface area contributed by atoms with Gasteiger partial charge in [-0.2, -0.15) is 0 Å². The molecule has 1 atom stereocenters. The van der Waals surface area contributed by atoms with Gasteiger partial charge in [-0.1, -0.05) is 18.2 Å². The molecule has 102 valence electrons. The number of benzene rings is 1. The minimum Gasteiger partial charge on any atom is -0.358 e. The van der Waals surface area contributed by atoms with Crippen LogP contribution in [0.4, 0.5) is 0 Å². The number of para-hydroxylation sites is 1. The van der Waals surface area contributed by atoms with Crippen LogP contribution >= 0.6 is 0 Å². The van der Waals surface area contributed by atoms with Crippen LogP contribution in [0.25, 0.3) is 10.9 Å². The van der Waals surface area contributed by atoms with Gasteiger partial charge in [-0.25, -0.2) is 0 Å². The molecule has 0 spiro atoms. The molecular formula is C16H23N3. The zero-order valence-electron chi connectivity index (χ0n) is 12.0. The predicted octanol–water partition coefficient (Wildman–Crippen LogP) is 2.82. The Kier molecular flexibility index (Phi) is 2.91. The van der Waals surface area contributed by atoms with E-state index in [2.05, 4.69) is 55.2 Å². The molecule has 0 bridgehead atoms. The van der Waals surface area contributed by atoms with Crippen LogP contribution in [0.5, 0.6) is 0 Å². The van der Waals surface area contributed by atoms with E-state index < -0.39 is 0 Å². The highest BCUT2D eigenvalue weighted by molar-refractivity contribution is 5.85. The minimum absolute atomic E-state index is 0.277. The standard InChI is InChI=1S/C16H23N3/c1-11-14(12-6-4-5-7-13(12)18-11)15(19(2)3)16(10-17)8-9-16/h4-7,15,18H,8-10,17H2,1-3H3. The largest absolute Gasteiger partial charge is 0.358 e. The molecule has 2 aromatic rings. The van der Waals surface area contributed by atoms with Crippen molar-refractivity contribution in [1.82, 2.24) is 9.88 Å². The van der Waals surface area contributed by atoms with E-state index in [0.29, 0.717) is 6.04 Å². The molecule has 0 amide bonds.